The molecular weight excluding hydrogens is 547 g/mol. The number of fused-ring (bicyclic) bond motifs is 3. The number of carbonyl (C=O) groups excluding carboxylic acids is 2. The monoisotopic (exact) mass is 582 g/mol. The molecule has 15 heteroatoms. The molecule has 0 aliphatic heterocycles. The van der Waals surface area contributed by atoms with Crippen molar-refractivity contribution < 1.29 is 47.4 Å². The van der Waals surface area contributed by atoms with Crippen LogP contribution in [-0.2, 0) is 45.6 Å². The second kappa shape index (κ2) is 14.4. The molecule has 0 aliphatic rings. The molecule has 3 rings (SSSR count). The molecule has 40 heavy (non-hydrogen) atoms. The maximum atomic E-state index is 12.2. The lowest BCUT2D eigenvalue weighted by molar-refractivity contribution is -0.158. The number of aliphatic hydroxyl groups excluding tert-OH is 1. The fourth-order valence-corrected chi connectivity index (χ4v) is 4.72. The summed E-state index contributed by atoms with van der Waals surface area (Å²) in [5.74, 6) is 0.236. The van der Waals surface area contributed by atoms with E-state index in [1.165, 1.54) is 6.92 Å². The number of rotatable bonds is 16. The molecule has 0 radical (unpaired) electrons. The number of aliphatic hydroxyl groups is 1. The van der Waals surface area contributed by atoms with Crippen LogP contribution in [0.2, 0.25) is 0 Å². The molecule has 3 aromatic rings. The molecule has 0 saturated carbocycles. The van der Waals surface area contributed by atoms with Crippen molar-refractivity contribution in [1.29, 1.82) is 0 Å². The number of imidazole rings is 1. The standard InChI is InChI=1S/C25H35N4O10P/c1-4-5-6-22-28-23-24(29(22)9-10-30)20-8-7-18(13-21(20)27-25(23)26)35-11-12-37-40(33,34)38-15-19(39-17(3)32)14-36-16(2)31/h7-8,13,19,30H,4-6,9-12,14-15H2,1-3H3,(H2,26,27)(H,33,34)/t19-/m1/s1. The number of hydrogen-bond donors (Lipinski definition) is 3. The van der Waals surface area contributed by atoms with Crippen LogP contribution in [0.5, 0.6) is 5.75 Å². The Hall–Kier alpha value is -3.29. The number of anilines is 1. The Morgan fingerprint density at radius 3 is 2.58 bits per heavy atom. The molecule has 14 nitrogen and oxygen atoms in total. The number of unbranched alkanes of at least 4 members (excludes halogenated alkanes) is 1. The molecule has 220 valence electrons. The number of phosphoric acid groups is 1. The first-order valence-electron chi connectivity index (χ1n) is 12.8. The van der Waals surface area contributed by atoms with Crippen LogP contribution in [0, 0.1) is 0 Å². The maximum Gasteiger partial charge on any atom is 0.472 e. The van der Waals surface area contributed by atoms with E-state index in [1.807, 2.05) is 10.6 Å². The van der Waals surface area contributed by atoms with Crippen molar-refractivity contribution in [2.24, 2.45) is 0 Å². The summed E-state index contributed by atoms with van der Waals surface area (Å²) in [6, 6.07) is 5.22. The molecule has 1 unspecified atom stereocenters. The molecular formula is C25H35N4O10P. The smallest absolute Gasteiger partial charge is 0.472 e. The topological polar surface area (TPSA) is 195 Å². The summed E-state index contributed by atoms with van der Waals surface area (Å²) in [7, 11) is -4.52. The van der Waals surface area contributed by atoms with E-state index in [2.05, 4.69) is 11.9 Å². The summed E-state index contributed by atoms with van der Waals surface area (Å²) in [5, 5.41) is 10.4. The summed E-state index contributed by atoms with van der Waals surface area (Å²) in [6.45, 7) is 3.46. The summed E-state index contributed by atoms with van der Waals surface area (Å²) >= 11 is 0. The van der Waals surface area contributed by atoms with E-state index in [1.54, 1.807) is 12.1 Å². The number of hydrogen-bond acceptors (Lipinski definition) is 12. The predicted molar refractivity (Wildman–Crippen MR) is 145 cm³/mol. The van der Waals surface area contributed by atoms with Crippen molar-refractivity contribution in [2.45, 2.75) is 52.7 Å². The van der Waals surface area contributed by atoms with Gasteiger partial charge in [-0.05, 0) is 18.6 Å². The van der Waals surface area contributed by atoms with Gasteiger partial charge in [0.2, 0.25) is 0 Å². The molecule has 0 fully saturated rings. The molecule has 0 amide bonds. The highest BCUT2D eigenvalue weighted by Gasteiger charge is 2.25. The van der Waals surface area contributed by atoms with Gasteiger partial charge in [-0.3, -0.25) is 18.6 Å². The lowest BCUT2D eigenvalue weighted by Crippen LogP contribution is -2.28. The third-order valence-electron chi connectivity index (χ3n) is 5.67. The van der Waals surface area contributed by atoms with Gasteiger partial charge in [0.1, 0.15) is 30.3 Å². The van der Waals surface area contributed by atoms with Crippen molar-refractivity contribution in [3.63, 3.8) is 0 Å². The van der Waals surface area contributed by atoms with Gasteiger partial charge in [-0.15, -0.1) is 0 Å². The van der Waals surface area contributed by atoms with Crippen LogP contribution >= 0.6 is 7.82 Å². The number of esters is 2. The maximum absolute atomic E-state index is 12.2. The lowest BCUT2D eigenvalue weighted by atomic mass is 10.1. The second-order valence-electron chi connectivity index (χ2n) is 8.86. The third-order valence-corrected chi connectivity index (χ3v) is 6.65. The summed E-state index contributed by atoms with van der Waals surface area (Å²) in [5.41, 5.74) is 8.15. The Morgan fingerprint density at radius 1 is 1.12 bits per heavy atom. The average molecular weight is 583 g/mol. The quantitative estimate of drug-likeness (QED) is 0.127. The number of pyridine rings is 1. The minimum absolute atomic E-state index is 0.0511. The van der Waals surface area contributed by atoms with Crippen LogP contribution in [0.15, 0.2) is 18.2 Å². The van der Waals surface area contributed by atoms with Crippen LogP contribution in [-0.4, -0.2) is 75.6 Å². The first-order chi connectivity index (χ1) is 19.0. The molecule has 0 aliphatic carbocycles. The van der Waals surface area contributed by atoms with Crippen molar-refractivity contribution in [1.82, 2.24) is 14.5 Å². The molecule has 0 spiro atoms. The van der Waals surface area contributed by atoms with E-state index in [0.717, 1.165) is 42.9 Å². The zero-order valence-corrected chi connectivity index (χ0v) is 23.6. The Labute approximate surface area is 230 Å². The first-order valence-corrected chi connectivity index (χ1v) is 14.3. The number of nitrogen functional groups attached to an aromatic ring is 1. The summed E-state index contributed by atoms with van der Waals surface area (Å²) in [4.78, 5) is 41.3. The van der Waals surface area contributed by atoms with Gasteiger partial charge in [0, 0.05) is 38.3 Å². The van der Waals surface area contributed by atoms with Gasteiger partial charge in [-0.1, -0.05) is 13.3 Å². The zero-order valence-electron chi connectivity index (χ0n) is 22.7. The number of aryl methyl sites for hydroxylation is 1. The van der Waals surface area contributed by atoms with Gasteiger partial charge in [-0.25, -0.2) is 14.5 Å². The Bertz CT molecular complexity index is 1380. The second-order valence-corrected chi connectivity index (χ2v) is 10.3. The van der Waals surface area contributed by atoms with Gasteiger partial charge in [0.15, 0.2) is 11.9 Å². The minimum Gasteiger partial charge on any atom is -0.491 e. The summed E-state index contributed by atoms with van der Waals surface area (Å²) in [6.07, 6.45) is 1.63. The van der Waals surface area contributed by atoms with E-state index in [4.69, 9.17) is 34.0 Å². The fourth-order valence-electron chi connectivity index (χ4n) is 3.98. The lowest BCUT2D eigenvalue weighted by Gasteiger charge is -2.18. The van der Waals surface area contributed by atoms with Crippen LogP contribution in [0.1, 0.15) is 39.4 Å². The molecule has 1 aromatic carbocycles. The predicted octanol–water partition coefficient (Wildman–Crippen LogP) is 2.51. The van der Waals surface area contributed by atoms with Crippen LogP contribution < -0.4 is 10.5 Å². The number of nitrogens with two attached hydrogens (primary N) is 1. The van der Waals surface area contributed by atoms with E-state index >= 15 is 0 Å². The van der Waals surface area contributed by atoms with Crippen molar-refractivity contribution in [3.8, 4) is 5.75 Å². The Morgan fingerprint density at radius 2 is 1.90 bits per heavy atom. The number of nitrogens with zero attached hydrogens (tertiary/aromatic N) is 3. The zero-order chi connectivity index (χ0) is 29.3. The van der Waals surface area contributed by atoms with Gasteiger partial charge in [-0.2, -0.15) is 0 Å². The molecule has 0 bridgehead atoms. The highest BCUT2D eigenvalue weighted by molar-refractivity contribution is 7.47. The van der Waals surface area contributed by atoms with E-state index in [0.29, 0.717) is 23.3 Å². The largest absolute Gasteiger partial charge is 0.491 e. The van der Waals surface area contributed by atoms with E-state index in [-0.39, 0.29) is 32.2 Å². The summed E-state index contributed by atoms with van der Waals surface area (Å²) < 4.78 is 39.3. The van der Waals surface area contributed by atoms with Gasteiger partial charge < -0.3 is 34.5 Å². The van der Waals surface area contributed by atoms with Crippen LogP contribution in [0.3, 0.4) is 0 Å². The van der Waals surface area contributed by atoms with Gasteiger partial charge in [0.25, 0.3) is 0 Å². The molecule has 2 aromatic heterocycles. The number of aromatic nitrogens is 3. The molecule has 4 N–H and O–H groups in total. The fraction of sp³-hybridized carbons (Fsp3) is 0.520. The van der Waals surface area contributed by atoms with Crippen molar-refractivity contribution in [3.05, 3.63) is 24.0 Å². The SMILES string of the molecule is CCCCc1nc2c(N)nc3cc(OCCOP(=O)(O)OC[C@@H](COC(C)=O)OC(C)=O)ccc3c2n1CCO. The highest BCUT2D eigenvalue weighted by atomic mass is 31.2. The molecule has 2 atom stereocenters. The van der Waals surface area contributed by atoms with Gasteiger partial charge in [0.05, 0.1) is 30.9 Å². The van der Waals surface area contributed by atoms with Crippen LogP contribution in [0.4, 0.5) is 5.82 Å². The number of ether oxygens (including phenoxy) is 3. The first kappa shape index (κ1) is 31.2. The van der Waals surface area contributed by atoms with Crippen LogP contribution in [0.25, 0.3) is 21.9 Å². The van der Waals surface area contributed by atoms with Crippen molar-refractivity contribution in [2.75, 3.05) is 38.8 Å². The number of phosphoric ester groups is 1. The van der Waals surface area contributed by atoms with E-state index < -0.39 is 32.5 Å². The van der Waals surface area contributed by atoms with E-state index in [9.17, 15) is 24.2 Å². The number of benzene rings is 1. The Kier molecular flexibility index (Phi) is 11.2. The van der Waals surface area contributed by atoms with Crippen molar-refractivity contribution >= 4 is 47.5 Å². The Balaban J connectivity index is 1.64. The number of carbonyl (C=O) groups is 2. The highest BCUT2D eigenvalue weighted by Crippen LogP contribution is 2.43. The minimum atomic E-state index is -4.52. The molecule has 0 saturated heterocycles. The molecule has 2 heterocycles. The third kappa shape index (κ3) is 8.60. The van der Waals surface area contributed by atoms with Gasteiger partial charge >= 0.3 is 19.8 Å². The normalized spacial score (nSPS) is 13.7. The average Bonchev–Trinajstić information content (AvgIpc) is 3.26.